The van der Waals surface area contributed by atoms with Crippen molar-refractivity contribution in [1.29, 1.82) is 0 Å². The molecule has 0 saturated carbocycles. The number of primary amides is 1. The van der Waals surface area contributed by atoms with Gasteiger partial charge in [-0.1, -0.05) is 24.6 Å². The summed E-state index contributed by atoms with van der Waals surface area (Å²) in [6.07, 6.45) is 0.817. The monoisotopic (exact) mass is 241 g/mol. The lowest BCUT2D eigenvalue weighted by Gasteiger charge is -2.26. The van der Waals surface area contributed by atoms with Gasteiger partial charge in [0.1, 0.15) is 11.4 Å². The summed E-state index contributed by atoms with van der Waals surface area (Å²) in [5.41, 5.74) is 5.16. The van der Waals surface area contributed by atoms with E-state index in [4.69, 9.17) is 22.1 Å². The number of ether oxygens (including phenoxy) is 1. The Balaban J connectivity index is 3.14. The molecule has 0 aliphatic carbocycles. The van der Waals surface area contributed by atoms with Crippen LogP contribution in [0.4, 0.5) is 0 Å². The Hall–Kier alpha value is -1.22. The van der Waals surface area contributed by atoms with Gasteiger partial charge in [0.05, 0.1) is 10.6 Å². The van der Waals surface area contributed by atoms with Gasteiger partial charge in [0, 0.05) is 0 Å². The van der Waals surface area contributed by atoms with E-state index in [1.165, 1.54) is 0 Å². The van der Waals surface area contributed by atoms with Crippen molar-refractivity contribution in [2.75, 3.05) is 0 Å². The van der Waals surface area contributed by atoms with Crippen LogP contribution < -0.4 is 10.5 Å². The predicted molar refractivity (Wildman–Crippen MR) is 65.0 cm³/mol. The first kappa shape index (κ1) is 12.8. The third kappa shape index (κ3) is 2.89. The van der Waals surface area contributed by atoms with Crippen LogP contribution in [0.15, 0.2) is 18.2 Å². The van der Waals surface area contributed by atoms with Gasteiger partial charge in [-0.15, -0.1) is 0 Å². The van der Waals surface area contributed by atoms with Crippen molar-refractivity contribution in [1.82, 2.24) is 0 Å². The normalized spacial score (nSPS) is 11.2. The average Bonchev–Trinajstić information content (AvgIpc) is 2.16. The number of benzene rings is 1. The van der Waals surface area contributed by atoms with Crippen molar-refractivity contribution < 1.29 is 9.53 Å². The molecule has 0 heterocycles. The van der Waals surface area contributed by atoms with E-state index in [9.17, 15) is 4.79 Å². The summed E-state index contributed by atoms with van der Waals surface area (Å²) >= 11 is 5.92. The minimum atomic E-state index is -0.576. The van der Waals surface area contributed by atoms with Gasteiger partial charge in [-0.05, 0) is 32.4 Å². The van der Waals surface area contributed by atoms with E-state index in [0.29, 0.717) is 10.8 Å². The number of amides is 1. The van der Waals surface area contributed by atoms with Crippen LogP contribution in [0.25, 0.3) is 0 Å². The molecule has 0 aliphatic rings. The summed E-state index contributed by atoms with van der Waals surface area (Å²) in [6, 6.07) is 5.05. The highest BCUT2D eigenvalue weighted by molar-refractivity contribution is 6.34. The van der Waals surface area contributed by atoms with E-state index >= 15 is 0 Å². The third-order valence-electron chi connectivity index (χ3n) is 2.46. The van der Waals surface area contributed by atoms with Crippen LogP contribution in [0.2, 0.25) is 5.02 Å². The second-order valence-electron chi connectivity index (χ2n) is 4.19. The number of rotatable bonds is 4. The highest BCUT2D eigenvalue weighted by Crippen LogP contribution is 2.29. The van der Waals surface area contributed by atoms with Crippen LogP contribution in [0, 0.1) is 0 Å². The average molecular weight is 242 g/mol. The van der Waals surface area contributed by atoms with Crippen LogP contribution in [-0.4, -0.2) is 11.5 Å². The van der Waals surface area contributed by atoms with Crippen LogP contribution in [0.5, 0.6) is 5.75 Å². The van der Waals surface area contributed by atoms with E-state index in [1.807, 2.05) is 20.8 Å². The first-order valence-corrected chi connectivity index (χ1v) is 5.52. The molecular formula is C12H16ClNO2. The van der Waals surface area contributed by atoms with E-state index < -0.39 is 5.91 Å². The summed E-state index contributed by atoms with van der Waals surface area (Å²) in [5.74, 6) is -0.139. The lowest BCUT2D eigenvalue weighted by atomic mass is 10.1. The molecule has 16 heavy (non-hydrogen) atoms. The topological polar surface area (TPSA) is 52.3 Å². The molecular weight excluding hydrogens is 226 g/mol. The van der Waals surface area contributed by atoms with E-state index in [1.54, 1.807) is 18.2 Å². The lowest BCUT2D eigenvalue weighted by molar-refractivity contribution is 0.0938. The summed E-state index contributed by atoms with van der Waals surface area (Å²) in [7, 11) is 0. The molecule has 88 valence electrons. The van der Waals surface area contributed by atoms with Crippen molar-refractivity contribution in [2.45, 2.75) is 32.8 Å². The molecule has 0 aromatic heterocycles. The zero-order chi connectivity index (χ0) is 12.3. The molecule has 0 radical (unpaired) electrons. The van der Waals surface area contributed by atoms with Gasteiger partial charge in [-0.2, -0.15) is 0 Å². The lowest BCUT2D eigenvalue weighted by Crippen LogP contribution is -2.28. The first-order chi connectivity index (χ1) is 7.37. The number of halogens is 1. The molecule has 1 rings (SSSR count). The molecule has 0 unspecified atom stereocenters. The molecule has 2 N–H and O–H groups in total. The highest BCUT2D eigenvalue weighted by atomic mass is 35.5. The largest absolute Gasteiger partial charge is 0.487 e. The first-order valence-electron chi connectivity index (χ1n) is 5.14. The van der Waals surface area contributed by atoms with Gasteiger partial charge < -0.3 is 10.5 Å². The Morgan fingerprint density at radius 3 is 2.62 bits per heavy atom. The fourth-order valence-electron chi connectivity index (χ4n) is 1.20. The number of carbonyl (C=O) groups excluding carboxylic acids is 1. The molecule has 0 bridgehead atoms. The summed E-state index contributed by atoms with van der Waals surface area (Å²) in [5, 5.41) is 0.317. The number of carbonyl (C=O) groups is 1. The third-order valence-corrected chi connectivity index (χ3v) is 2.77. The second-order valence-corrected chi connectivity index (χ2v) is 4.60. The molecule has 0 atom stereocenters. The molecule has 0 fully saturated rings. The Morgan fingerprint density at radius 1 is 1.50 bits per heavy atom. The van der Waals surface area contributed by atoms with Gasteiger partial charge >= 0.3 is 0 Å². The van der Waals surface area contributed by atoms with Crippen molar-refractivity contribution in [2.24, 2.45) is 5.73 Å². The van der Waals surface area contributed by atoms with Crippen molar-refractivity contribution >= 4 is 17.5 Å². The number of nitrogens with two attached hydrogens (primary N) is 1. The molecule has 3 nitrogen and oxygen atoms in total. The minimum absolute atomic E-state index is 0.241. The van der Waals surface area contributed by atoms with Gasteiger partial charge in [0.15, 0.2) is 0 Å². The molecule has 1 amide bonds. The van der Waals surface area contributed by atoms with E-state index in [0.717, 1.165) is 6.42 Å². The van der Waals surface area contributed by atoms with Crippen LogP contribution in [0.3, 0.4) is 0 Å². The number of hydrogen-bond donors (Lipinski definition) is 1. The Labute approximate surface area is 101 Å². The highest BCUT2D eigenvalue weighted by Gasteiger charge is 2.21. The zero-order valence-corrected chi connectivity index (χ0v) is 10.5. The summed E-state index contributed by atoms with van der Waals surface area (Å²) < 4.78 is 5.74. The fraction of sp³-hybridized carbons (Fsp3) is 0.417. The Kier molecular flexibility index (Phi) is 3.81. The van der Waals surface area contributed by atoms with Crippen LogP contribution in [0.1, 0.15) is 37.6 Å². The Morgan fingerprint density at radius 2 is 2.12 bits per heavy atom. The fourth-order valence-corrected chi connectivity index (χ4v) is 1.46. The molecule has 0 saturated heterocycles. The molecule has 1 aromatic rings. The maximum absolute atomic E-state index is 11.3. The van der Waals surface area contributed by atoms with Crippen LogP contribution >= 0.6 is 11.6 Å². The minimum Gasteiger partial charge on any atom is -0.487 e. The standard InChI is InChI=1S/C12H16ClNO2/c1-4-12(2,3)16-9-7-5-6-8(13)10(9)11(14)15/h5-7H,4H2,1-3H3,(H2,14,15). The van der Waals surface area contributed by atoms with Gasteiger partial charge in [0.25, 0.3) is 5.91 Å². The number of hydrogen-bond acceptors (Lipinski definition) is 2. The van der Waals surface area contributed by atoms with Crippen molar-refractivity contribution in [3.8, 4) is 5.75 Å². The maximum Gasteiger partial charge on any atom is 0.253 e. The molecule has 4 heteroatoms. The molecule has 1 aromatic carbocycles. The van der Waals surface area contributed by atoms with Crippen LogP contribution in [-0.2, 0) is 0 Å². The Bertz CT molecular complexity index is 402. The van der Waals surface area contributed by atoms with Crippen molar-refractivity contribution in [3.63, 3.8) is 0 Å². The van der Waals surface area contributed by atoms with Gasteiger partial charge in [-0.25, -0.2) is 0 Å². The summed E-state index contributed by atoms with van der Waals surface area (Å²) in [4.78, 5) is 11.3. The molecule has 0 aliphatic heterocycles. The quantitative estimate of drug-likeness (QED) is 0.881. The summed E-state index contributed by atoms with van der Waals surface area (Å²) in [6.45, 7) is 5.89. The molecule has 0 spiro atoms. The zero-order valence-electron chi connectivity index (χ0n) is 9.71. The van der Waals surface area contributed by atoms with Crippen molar-refractivity contribution in [3.05, 3.63) is 28.8 Å². The van der Waals surface area contributed by atoms with E-state index in [2.05, 4.69) is 0 Å². The van der Waals surface area contributed by atoms with Gasteiger partial charge in [-0.3, -0.25) is 4.79 Å². The second kappa shape index (κ2) is 4.74. The SMILES string of the molecule is CCC(C)(C)Oc1cccc(Cl)c1C(N)=O. The van der Waals surface area contributed by atoms with E-state index in [-0.39, 0.29) is 11.2 Å². The maximum atomic E-state index is 11.3. The van der Waals surface area contributed by atoms with Gasteiger partial charge in [0.2, 0.25) is 0 Å². The predicted octanol–water partition coefficient (Wildman–Crippen LogP) is 3.01. The smallest absolute Gasteiger partial charge is 0.253 e.